The van der Waals surface area contributed by atoms with Crippen molar-refractivity contribution in [2.45, 2.75) is 32.7 Å². The summed E-state index contributed by atoms with van der Waals surface area (Å²) in [5, 5.41) is 5.44. The summed E-state index contributed by atoms with van der Waals surface area (Å²) in [5.41, 5.74) is 1.99. The third-order valence-corrected chi connectivity index (χ3v) is 3.38. The summed E-state index contributed by atoms with van der Waals surface area (Å²) >= 11 is 0. The number of piperidine rings is 1. The van der Waals surface area contributed by atoms with Gasteiger partial charge in [0.2, 0.25) is 5.91 Å². The molecular formula is C15H20N2O3. The van der Waals surface area contributed by atoms with Gasteiger partial charge in [0.05, 0.1) is 0 Å². The Bertz CT molecular complexity index is 494. The first-order valence-electron chi connectivity index (χ1n) is 6.84. The van der Waals surface area contributed by atoms with Crippen LogP contribution in [0.25, 0.3) is 0 Å². The van der Waals surface area contributed by atoms with Crippen molar-refractivity contribution < 1.29 is 14.3 Å². The van der Waals surface area contributed by atoms with Gasteiger partial charge in [0.25, 0.3) is 5.91 Å². The number of para-hydroxylation sites is 1. The lowest BCUT2D eigenvalue weighted by atomic mass is 10.1. The molecular weight excluding hydrogens is 256 g/mol. The van der Waals surface area contributed by atoms with Crippen LogP contribution in [0, 0.1) is 13.8 Å². The minimum atomic E-state index is -0.433. The first-order chi connectivity index (χ1) is 9.58. The molecule has 1 aromatic rings. The van der Waals surface area contributed by atoms with Crippen molar-refractivity contribution in [3.05, 3.63) is 29.3 Å². The maximum atomic E-state index is 11.8. The van der Waals surface area contributed by atoms with Crippen molar-refractivity contribution in [3.8, 4) is 5.75 Å². The lowest BCUT2D eigenvalue weighted by Crippen LogP contribution is -2.51. The highest BCUT2D eigenvalue weighted by Gasteiger charge is 2.23. The van der Waals surface area contributed by atoms with Crippen molar-refractivity contribution in [2.75, 3.05) is 13.2 Å². The second kappa shape index (κ2) is 6.41. The lowest BCUT2D eigenvalue weighted by molar-refractivity contribution is -0.131. The van der Waals surface area contributed by atoms with Crippen LogP contribution in [0.2, 0.25) is 0 Å². The van der Waals surface area contributed by atoms with Gasteiger partial charge in [-0.1, -0.05) is 18.2 Å². The highest BCUT2D eigenvalue weighted by molar-refractivity contribution is 5.88. The number of amides is 2. The van der Waals surface area contributed by atoms with Gasteiger partial charge >= 0.3 is 0 Å². The van der Waals surface area contributed by atoms with E-state index in [1.54, 1.807) is 0 Å². The number of carbonyl (C=O) groups is 2. The summed E-state index contributed by atoms with van der Waals surface area (Å²) in [4.78, 5) is 23.4. The van der Waals surface area contributed by atoms with Gasteiger partial charge in [-0.05, 0) is 37.8 Å². The topological polar surface area (TPSA) is 67.4 Å². The molecule has 1 heterocycles. The molecule has 0 aromatic heterocycles. The van der Waals surface area contributed by atoms with E-state index < -0.39 is 6.04 Å². The summed E-state index contributed by atoms with van der Waals surface area (Å²) < 4.78 is 5.56. The van der Waals surface area contributed by atoms with Gasteiger partial charge in [0, 0.05) is 6.54 Å². The predicted octanol–water partition coefficient (Wildman–Crippen LogP) is 1.08. The van der Waals surface area contributed by atoms with E-state index in [1.807, 2.05) is 32.0 Å². The SMILES string of the molecule is Cc1cccc(C)c1OCC(=O)N[C@H]1CCCNC1=O. The Kier molecular flexibility index (Phi) is 4.61. The van der Waals surface area contributed by atoms with Gasteiger partial charge in [0.15, 0.2) is 6.61 Å². The van der Waals surface area contributed by atoms with E-state index in [4.69, 9.17) is 4.74 Å². The standard InChI is InChI=1S/C15H20N2O3/c1-10-5-3-6-11(2)14(10)20-9-13(18)17-12-7-4-8-16-15(12)19/h3,5-6,12H,4,7-9H2,1-2H3,(H,16,19)(H,17,18)/t12-/m0/s1. The van der Waals surface area contributed by atoms with Gasteiger partial charge in [-0.15, -0.1) is 0 Å². The molecule has 1 aliphatic heterocycles. The third kappa shape index (κ3) is 3.50. The molecule has 1 aliphatic rings. The smallest absolute Gasteiger partial charge is 0.258 e. The van der Waals surface area contributed by atoms with Crippen LogP contribution in [0.15, 0.2) is 18.2 Å². The number of carbonyl (C=O) groups excluding carboxylic acids is 2. The molecule has 0 unspecified atom stereocenters. The van der Waals surface area contributed by atoms with Crippen molar-refractivity contribution in [1.82, 2.24) is 10.6 Å². The molecule has 2 rings (SSSR count). The monoisotopic (exact) mass is 276 g/mol. The number of nitrogens with one attached hydrogen (secondary N) is 2. The van der Waals surface area contributed by atoms with E-state index in [1.165, 1.54) is 0 Å². The number of rotatable bonds is 4. The third-order valence-electron chi connectivity index (χ3n) is 3.38. The van der Waals surface area contributed by atoms with Crippen LogP contribution in [0.3, 0.4) is 0 Å². The Balaban J connectivity index is 1.87. The molecule has 1 fully saturated rings. The zero-order valence-corrected chi connectivity index (χ0v) is 11.9. The van der Waals surface area contributed by atoms with Crippen molar-refractivity contribution in [3.63, 3.8) is 0 Å². The number of aryl methyl sites for hydroxylation is 2. The number of ether oxygens (including phenoxy) is 1. The molecule has 0 aliphatic carbocycles. The molecule has 1 atom stereocenters. The number of hydrogen-bond donors (Lipinski definition) is 2. The number of benzene rings is 1. The molecule has 20 heavy (non-hydrogen) atoms. The first-order valence-corrected chi connectivity index (χ1v) is 6.84. The Hall–Kier alpha value is -2.04. The van der Waals surface area contributed by atoms with Crippen LogP contribution in [0.5, 0.6) is 5.75 Å². The minimum absolute atomic E-state index is 0.0739. The second-order valence-electron chi connectivity index (χ2n) is 5.06. The van der Waals surface area contributed by atoms with Crippen LogP contribution in [0.4, 0.5) is 0 Å². The van der Waals surface area contributed by atoms with E-state index in [2.05, 4.69) is 10.6 Å². The highest BCUT2D eigenvalue weighted by Crippen LogP contribution is 2.22. The van der Waals surface area contributed by atoms with Crippen LogP contribution < -0.4 is 15.4 Å². The van der Waals surface area contributed by atoms with E-state index >= 15 is 0 Å². The van der Waals surface area contributed by atoms with Crippen LogP contribution in [-0.4, -0.2) is 31.0 Å². The van der Waals surface area contributed by atoms with E-state index in [-0.39, 0.29) is 18.4 Å². The average molecular weight is 276 g/mol. The van der Waals surface area contributed by atoms with Gasteiger partial charge in [-0.3, -0.25) is 9.59 Å². The Labute approximate surface area is 118 Å². The van der Waals surface area contributed by atoms with Gasteiger partial charge < -0.3 is 15.4 Å². The molecule has 0 saturated carbocycles. The summed E-state index contributed by atoms with van der Waals surface area (Å²) in [7, 11) is 0. The molecule has 0 spiro atoms. The fourth-order valence-corrected chi connectivity index (χ4v) is 2.31. The van der Waals surface area contributed by atoms with Crippen LogP contribution in [-0.2, 0) is 9.59 Å². The normalized spacial score (nSPS) is 18.3. The predicted molar refractivity (Wildman–Crippen MR) is 75.6 cm³/mol. The van der Waals surface area contributed by atoms with Gasteiger partial charge in [-0.2, -0.15) is 0 Å². The molecule has 5 heteroatoms. The van der Waals surface area contributed by atoms with Crippen molar-refractivity contribution >= 4 is 11.8 Å². The summed E-state index contributed by atoms with van der Waals surface area (Å²) in [6.45, 7) is 4.49. The van der Waals surface area contributed by atoms with Crippen molar-refractivity contribution in [1.29, 1.82) is 0 Å². The molecule has 0 radical (unpaired) electrons. The molecule has 2 amide bonds. The van der Waals surface area contributed by atoms with Gasteiger partial charge in [-0.25, -0.2) is 0 Å². The zero-order chi connectivity index (χ0) is 14.5. The number of hydrogen-bond acceptors (Lipinski definition) is 3. The highest BCUT2D eigenvalue weighted by atomic mass is 16.5. The molecule has 5 nitrogen and oxygen atoms in total. The van der Waals surface area contributed by atoms with Crippen LogP contribution >= 0.6 is 0 Å². The fourth-order valence-electron chi connectivity index (χ4n) is 2.31. The van der Waals surface area contributed by atoms with Crippen molar-refractivity contribution in [2.24, 2.45) is 0 Å². The molecule has 0 bridgehead atoms. The molecule has 108 valence electrons. The Morgan fingerprint density at radius 1 is 1.40 bits per heavy atom. The Morgan fingerprint density at radius 2 is 2.10 bits per heavy atom. The first kappa shape index (κ1) is 14.4. The minimum Gasteiger partial charge on any atom is -0.483 e. The quantitative estimate of drug-likeness (QED) is 0.864. The molecule has 1 saturated heterocycles. The largest absolute Gasteiger partial charge is 0.483 e. The molecule has 2 N–H and O–H groups in total. The zero-order valence-electron chi connectivity index (χ0n) is 11.9. The van der Waals surface area contributed by atoms with E-state index in [0.29, 0.717) is 13.0 Å². The summed E-state index contributed by atoms with van der Waals surface area (Å²) in [6, 6.07) is 5.39. The van der Waals surface area contributed by atoms with E-state index in [0.717, 1.165) is 23.3 Å². The lowest BCUT2D eigenvalue weighted by Gasteiger charge is -2.22. The average Bonchev–Trinajstić information content (AvgIpc) is 2.41. The Morgan fingerprint density at radius 3 is 2.75 bits per heavy atom. The van der Waals surface area contributed by atoms with Gasteiger partial charge in [0.1, 0.15) is 11.8 Å². The second-order valence-corrected chi connectivity index (χ2v) is 5.06. The maximum absolute atomic E-state index is 11.8. The molecule has 1 aromatic carbocycles. The summed E-state index contributed by atoms with van der Waals surface area (Å²) in [6.07, 6.45) is 1.56. The fraction of sp³-hybridized carbons (Fsp3) is 0.467. The van der Waals surface area contributed by atoms with E-state index in [9.17, 15) is 9.59 Å². The maximum Gasteiger partial charge on any atom is 0.258 e. The summed E-state index contributed by atoms with van der Waals surface area (Å²) in [5.74, 6) is 0.349. The van der Waals surface area contributed by atoms with Crippen LogP contribution in [0.1, 0.15) is 24.0 Å².